The summed E-state index contributed by atoms with van der Waals surface area (Å²) < 4.78 is 22.9. The molecule has 31 heavy (non-hydrogen) atoms. The number of nitrogens with zero attached hydrogens (tertiary/aromatic N) is 3. The number of methoxy groups -OCH3 is 3. The molecule has 1 N–H and O–H groups in total. The van der Waals surface area contributed by atoms with E-state index in [0.717, 1.165) is 16.8 Å². The third kappa shape index (κ3) is 3.96. The van der Waals surface area contributed by atoms with Gasteiger partial charge in [-0.25, -0.2) is 0 Å². The Balaban J connectivity index is 1.84. The zero-order chi connectivity index (χ0) is 21.8. The molecule has 0 unspecified atom stereocenters. The van der Waals surface area contributed by atoms with Gasteiger partial charge in [-0.2, -0.15) is 4.98 Å². The summed E-state index contributed by atoms with van der Waals surface area (Å²) in [5.41, 5.74) is 2.97. The number of hydrogen-bond donors (Lipinski definition) is 1. The highest BCUT2D eigenvalue weighted by Crippen LogP contribution is 2.46. The fourth-order valence-electron chi connectivity index (χ4n) is 3.31. The van der Waals surface area contributed by atoms with Crippen LogP contribution in [0.2, 0.25) is 0 Å². The first-order valence-electron chi connectivity index (χ1n) is 9.50. The van der Waals surface area contributed by atoms with Crippen LogP contribution in [0.15, 0.2) is 54.2 Å². The predicted molar refractivity (Wildman–Crippen MR) is 119 cm³/mol. The quantitative estimate of drug-likeness (QED) is 0.427. The zero-order valence-electron chi connectivity index (χ0n) is 17.4. The fraction of sp³-hybridized carbons (Fsp3) is 0.227. The molecule has 0 bridgehead atoms. The molecule has 2 heterocycles. The highest BCUT2D eigenvalue weighted by Gasteiger charge is 2.30. The first kappa shape index (κ1) is 20.8. The van der Waals surface area contributed by atoms with Crippen LogP contribution in [0.1, 0.15) is 11.8 Å². The lowest BCUT2D eigenvalue weighted by atomic mass is 10.1. The maximum Gasteiger partial charge on any atom is 0.247 e. The lowest BCUT2D eigenvalue weighted by Gasteiger charge is -2.23. The van der Waals surface area contributed by atoms with Gasteiger partial charge in [0.25, 0.3) is 0 Å². The van der Waals surface area contributed by atoms with E-state index in [0.29, 0.717) is 39.7 Å². The van der Waals surface area contributed by atoms with Gasteiger partial charge in [0.05, 0.1) is 26.9 Å². The van der Waals surface area contributed by atoms with Gasteiger partial charge in [-0.15, -0.1) is 16.8 Å². The van der Waals surface area contributed by atoms with Crippen molar-refractivity contribution in [2.75, 3.05) is 32.4 Å². The number of anilines is 1. The first-order chi connectivity index (χ1) is 15.2. The van der Waals surface area contributed by atoms with Gasteiger partial charge in [-0.1, -0.05) is 36.0 Å². The maximum absolute atomic E-state index is 6.32. The number of nitrogens with one attached hydrogen (secondary N) is 1. The summed E-state index contributed by atoms with van der Waals surface area (Å²) in [6, 6.07) is 11.5. The number of para-hydroxylation sites is 1. The molecule has 8 nitrogen and oxygen atoms in total. The summed E-state index contributed by atoms with van der Waals surface area (Å²) in [7, 11) is 4.72. The van der Waals surface area contributed by atoms with Crippen molar-refractivity contribution in [3.05, 3.63) is 54.6 Å². The van der Waals surface area contributed by atoms with Gasteiger partial charge in [-0.3, -0.25) is 0 Å². The van der Waals surface area contributed by atoms with E-state index >= 15 is 0 Å². The van der Waals surface area contributed by atoms with E-state index in [1.807, 2.05) is 36.4 Å². The molecule has 0 amide bonds. The Morgan fingerprint density at radius 2 is 1.87 bits per heavy atom. The maximum atomic E-state index is 6.32. The standard InChI is InChI=1S/C22H22N4O4S/c1-5-12-31-22-24-21-17(25-26-22)13-8-6-7-9-15(13)23-20(30-21)14-10-11-16(27-2)19(29-4)18(14)28-3/h5-11,20,23H,1,12H2,2-4H3/t20-/m1/s1. The van der Waals surface area contributed by atoms with Crippen LogP contribution < -0.4 is 24.3 Å². The van der Waals surface area contributed by atoms with E-state index < -0.39 is 6.23 Å². The number of benzene rings is 2. The highest BCUT2D eigenvalue weighted by molar-refractivity contribution is 7.99. The monoisotopic (exact) mass is 438 g/mol. The Hall–Kier alpha value is -3.46. The Morgan fingerprint density at radius 3 is 2.61 bits per heavy atom. The van der Waals surface area contributed by atoms with Crippen LogP contribution in [-0.2, 0) is 0 Å². The van der Waals surface area contributed by atoms with Crippen LogP contribution in [0, 0.1) is 0 Å². The van der Waals surface area contributed by atoms with Crippen LogP contribution in [0.25, 0.3) is 11.3 Å². The molecule has 1 aliphatic heterocycles. The van der Waals surface area contributed by atoms with Crippen molar-refractivity contribution in [1.82, 2.24) is 15.2 Å². The minimum atomic E-state index is -0.619. The molecule has 0 saturated carbocycles. The van der Waals surface area contributed by atoms with E-state index in [1.54, 1.807) is 27.4 Å². The molecule has 1 atom stereocenters. The fourth-order valence-corrected chi connectivity index (χ4v) is 3.83. The van der Waals surface area contributed by atoms with Crippen LogP contribution in [-0.4, -0.2) is 42.3 Å². The summed E-state index contributed by atoms with van der Waals surface area (Å²) in [6.07, 6.45) is 1.17. The van der Waals surface area contributed by atoms with E-state index in [2.05, 4.69) is 27.1 Å². The van der Waals surface area contributed by atoms with Gasteiger partial charge >= 0.3 is 0 Å². The normalized spacial score (nSPS) is 14.2. The van der Waals surface area contributed by atoms with E-state index in [9.17, 15) is 0 Å². The summed E-state index contributed by atoms with van der Waals surface area (Å²) >= 11 is 1.43. The van der Waals surface area contributed by atoms with E-state index in [-0.39, 0.29) is 0 Å². The van der Waals surface area contributed by atoms with Gasteiger partial charge < -0.3 is 24.3 Å². The largest absolute Gasteiger partial charge is 0.493 e. The van der Waals surface area contributed by atoms with Crippen LogP contribution in [0.5, 0.6) is 23.1 Å². The minimum Gasteiger partial charge on any atom is -0.493 e. The molecule has 9 heteroatoms. The average Bonchev–Trinajstić information content (AvgIpc) is 2.97. The number of ether oxygens (including phenoxy) is 4. The predicted octanol–water partition coefficient (Wildman–Crippen LogP) is 4.35. The third-order valence-electron chi connectivity index (χ3n) is 4.68. The topological polar surface area (TPSA) is 87.6 Å². The number of rotatable bonds is 7. The molecule has 0 saturated heterocycles. The molecule has 0 radical (unpaired) electrons. The van der Waals surface area contributed by atoms with Gasteiger partial charge in [0.15, 0.2) is 17.2 Å². The summed E-state index contributed by atoms with van der Waals surface area (Å²) in [5, 5.41) is 12.6. The second-order valence-corrected chi connectivity index (χ2v) is 7.45. The number of fused-ring (bicyclic) bond motifs is 3. The molecule has 0 spiro atoms. The van der Waals surface area contributed by atoms with Gasteiger partial charge in [0.1, 0.15) is 0 Å². The molecule has 3 aromatic rings. The minimum absolute atomic E-state index is 0.376. The third-order valence-corrected chi connectivity index (χ3v) is 5.51. The average molecular weight is 439 g/mol. The van der Waals surface area contributed by atoms with Crippen molar-refractivity contribution in [1.29, 1.82) is 0 Å². The van der Waals surface area contributed by atoms with Crippen molar-refractivity contribution in [3.8, 4) is 34.4 Å². The zero-order valence-corrected chi connectivity index (χ0v) is 18.2. The van der Waals surface area contributed by atoms with Crippen molar-refractivity contribution in [2.45, 2.75) is 11.4 Å². The van der Waals surface area contributed by atoms with Gasteiger partial charge in [0, 0.05) is 17.0 Å². The van der Waals surface area contributed by atoms with Crippen molar-refractivity contribution >= 4 is 17.4 Å². The van der Waals surface area contributed by atoms with Crippen LogP contribution in [0.3, 0.4) is 0 Å². The molecule has 2 aromatic carbocycles. The molecular weight excluding hydrogens is 416 g/mol. The van der Waals surface area contributed by atoms with E-state index in [4.69, 9.17) is 18.9 Å². The lowest BCUT2D eigenvalue weighted by Crippen LogP contribution is -2.18. The Kier molecular flexibility index (Phi) is 6.13. The molecular formula is C22H22N4O4S. The van der Waals surface area contributed by atoms with E-state index in [1.165, 1.54) is 11.8 Å². The Labute approximate surface area is 184 Å². The van der Waals surface area contributed by atoms with Crippen LogP contribution in [0.4, 0.5) is 5.69 Å². The molecule has 1 aliphatic rings. The molecule has 160 valence electrons. The summed E-state index contributed by atoms with van der Waals surface area (Å²) in [5.74, 6) is 2.59. The summed E-state index contributed by atoms with van der Waals surface area (Å²) in [6.45, 7) is 3.74. The number of hydrogen-bond acceptors (Lipinski definition) is 9. The van der Waals surface area contributed by atoms with Crippen molar-refractivity contribution in [3.63, 3.8) is 0 Å². The lowest BCUT2D eigenvalue weighted by molar-refractivity contribution is 0.217. The van der Waals surface area contributed by atoms with Crippen molar-refractivity contribution in [2.24, 2.45) is 0 Å². The van der Waals surface area contributed by atoms with Gasteiger partial charge in [0.2, 0.25) is 23.0 Å². The first-order valence-corrected chi connectivity index (χ1v) is 10.5. The molecule has 4 rings (SSSR count). The van der Waals surface area contributed by atoms with Crippen molar-refractivity contribution < 1.29 is 18.9 Å². The Bertz CT molecular complexity index is 1110. The number of aromatic nitrogens is 3. The Morgan fingerprint density at radius 1 is 1.06 bits per heavy atom. The summed E-state index contributed by atoms with van der Waals surface area (Å²) in [4.78, 5) is 4.60. The van der Waals surface area contributed by atoms with Gasteiger partial charge in [-0.05, 0) is 18.2 Å². The highest BCUT2D eigenvalue weighted by atomic mass is 32.2. The molecule has 0 fully saturated rings. The smallest absolute Gasteiger partial charge is 0.247 e. The number of thioether (sulfide) groups is 1. The molecule has 1 aromatic heterocycles. The molecule has 0 aliphatic carbocycles. The second-order valence-electron chi connectivity index (χ2n) is 6.46. The SMILES string of the molecule is C=CCSc1nnc2c(n1)O[C@H](c1ccc(OC)c(OC)c1OC)Nc1ccccc1-2. The second kappa shape index (κ2) is 9.13. The van der Waals surface area contributed by atoms with Crippen LogP contribution >= 0.6 is 11.8 Å².